The summed E-state index contributed by atoms with van der Waals surface area (Å²) in [6.07, 6.45) is 1.58. The van der Waals surface area contributed by atoms with Gasteiger partial charge in [0.05, 0.1) is 31.9 Å². The number of nitrogens with one attached hydrogen (secondary N) is 1. The van der Waals surface area contributed by atoms with Crippen LogP contribution in [0.5, 0.6) is 11.5 Å². The molecule has 1 saturated heterocycles. The molecule has 2 aromatic heterocycles. The predicted molar refractivity (Wildman–Crippen MR) is 141 cm³/mol. The number of rotatable bonds is 7. The van der Waals surface area contributed by atoms with Crippen molar-refractivity contribution in [1.82, 2.24) is 25.3 Å². The number of fused-ring (bicyclic) bond motifs is 1. The van der Waals surface area contributed by atoms with E-state index >= 15 is 0 Å². The Bertz CT molecular complexity index is 1530. The Hall–Kier alpha value is -4.03. The number of piperazine rings is 1. The molecule has 1 aliphatic heterocycles. The normalized spacial score (nSPS) is 16.1. The highest BCUT2D eigenvalue weighted by atomic mass is 32.2. The average Bonchev–Trinajstić information content (AvgIpc) is 2.92. The smallest absolute Gasteiger partial charge is 0.224 e. The van der Waals surface area contributed by atoms with Gasteiger partial charge in [0.15, 0.2) is 38.3 Å². The summed E-state index contributed by atoms with van der Waals surface area (Å²) in [5.41, 5.74) is 8.66. The largest absolute Gasteiger partial charge is 0.493 e. The minimum Gasteiger partial charge on any atom is -0.493 e. The van der Waals surface area contributed by atoms with Crippen LogP contribution in [-0.4, -0.2) is 67.6 Å². The van der Waals surface area contributed by atoms with Crippen LogP contribution in [0.15, 0.2) is 54.7 Å². The molecular formula is C25H27N7O4S. The number of nitrogen functional groups attached to an aromatic ring is 1. The van der Waals surface area contributed by atoms with Gasteiger partial charge < -0.3 is 25.4 Å². The first-order valence-corrected chi connectivity index (χ1v) is 13.4. The number of ether oxygens (including phenoxy) is 2. The summed E-state index contributed by atoms with van der Waals surface area (Å²) in [4.78, 5) is 19.7. The van der Waals surface area contributed by atoms with Gasteiger partial charge in [-0.1, -0.05) is 30.3 Å². The van der Waals surface area contributed by atoms with Gasteiger partial charge in [-0.05, 0) is 23.8 Å². The Kier molecular flexibility index (Phi) is 6.76. The number of methoxy groups -OCH3 is 2. The average molecular weight is 522 g/mol. The lowest BCUT2D eigenvalue weighted by molar-refractivity contribution is 0.355. The minimum absolute atomic E-state index is 0.00610. The van der Waals surface area contributed by atoms with Crippen molar-refractivity contribution < 1.29 is 17.9 Å². The molecule has 12 heteroatoms. The van der Waals surface area contributed by atoms with Crippen molar-refractivity contribution in [2.24, 2.45) is 0 Å². The molecule has 1 unspecified atom stereocenters. The summed E-state index contributed by atoms with van der Waals surface area (Å²) < 4.78 is 37.9. The van der Waals surface area contributed by atoms with Crippen molar-refractivity contribution >= 4 is 32.8 Å². The van der Waals surface area contributed by atoms with Gasteiger partial charge in [0, 0.05) is 25.2 Å². The number of sulfone groups is 1. The molecule has 4 aromatic rings. The Balaban J connectivity index is 1.59. The van der Waals surface area contributed by atoms with Gasteiger partial charge in [0.2, 0.25) is 5.95 Å². The molecule has 1 atom stereocenters. The topological polar surface area (TPSA) is 145 Å². The van der Waals surface area contributed by atoms with Gasteiger partial charge >= 0.3 is 0 Å². The predicted octanol–water partition coefficient (Wildman–Crippen LogP) is 2.04. The fourth-order valence-corrected chi connectivity index (χ4v) is 6.20. The van der Waals surface area contributed by atoms with Crippen LogP contribution >= 0.6 is 0 Å². The molecule has 3 heterocycles. The summed E-state index contributed by atoms with van der Waals surface area (Å²) in [6, 6.07) is 14.5. The van der Waals surface area contributed by atoms with Gasteiger partial charge in [0.25, 0.3) is 0 Å². The van der Waals surface area contributed by atoms with Gasteiger partial charge in [-0.15, -0.1) is 0 Å². The molecule has 5 rings (SSSR count). The van der Waals surface area contributed by atoms with E-state index in [4.69, 9.17) is 20.2 Å². The molecule has 0 spiro atoms. The van der Waals surface area contributed by atoms with E-state index in [0.29, 0.717) is 41.6 Å². The first kappa shape index (κ1) is 24.7. The number of aromatic nitrogens is 4. The highest BCUT2D eigenvalue weighted by Gasteiger charge is 2.36. The summed E-state index contributed by atoms with van der Waals surface area (Å²) in [5, 5.41) is 2.32. The van der Waals surface area contributed by atoms with E-state index in [2.05, 4.69) is 20.3 Å². The van der Waals surface area contributed by atoms with Crippen molar-refractivity contribution in [3.8, 4) is 22.8 Å². The van der Waals surface area contributed by atoms with Crippen LogP contribution in [0.1, 0.15) is 5.56 Å². The van der Waals surface area contributed by atoms with Gasteiger partial charge in [-0.2, -0.15) is 9.97 Å². The number of anilines is 2. The Morgan fingerprint density at radius 1 is 1.05 bits per heavy atom. The summed E-state index contributed by atoms with van der Waals surface area (Å²) in [5.74, 6) is 1.36. The molecule has 0 bridgehead atoms. The number of hydrogen-bond donors (Lipinski definition) is 2. The molecule has 0 aliphatic carbocycles. The molecule has 3 N–H and O–H groups in total. The van der Waals surface area contributed by atoms with Crippen LogP contribution in [0.25, 0.3) is 22.4 Å². The molecule has 0 saturated carbocycles. The van der Waals surface area contributed by atoms with Crippen molar-refractivity contribution in [1.29, 1.82) is 0 Å². The second-order valence-electron chi connectivity index (χ2n) is 8.55. The maximum absolute atomic E-state index is 13.6. The third-order valence-corrected chi connectivity index (χ3v) is 8.16. The van der Waals surface area contributed by atoms with Crippen LogP contribution < -0.4 is 25.4 Å². The van der Waals surface area contributed by atoms with Crippen LogP contribution in [0.3, 0.4) is 0 Å². The third-order valence-electron chi connectivity index (χ3n) is 6.18. The van der Waals surface area contributed by atoms with E-state index in [-0.39, 0.29) is 23.9 Å². The molecular weight excluding hydrogens is 494 g/mol. The second kappa shape index (κ2) is 10.1. The van der Waals surface area contributed by atoms with Crippen molar-refractivity contribution in [3.05, 3.63) is 60.3 Å². The second-order valence-corrected chi connectivity index (χ2v) is 10.7. The minimum atomic E-state index is -3.61. The molecule has 0 amide bonds. The number of nitrogens with zero attached hydrogens (tertiary/aromatic N) is 5. The van der Waals surface area contributed by atoms with Gasteiger partial charge in [-0.3, -0.25) is 0 Å². The molecule has 1 aliphatic rings. The van der Waals surface area contributed by atoms with E-state index in [1.54, 1.807) is 49.6 Å². The monoisotopic (exact) mass is 521 g/mol. The van der Waals surface area contributed by atoms with Crippen LogP contribution in [0.2, 0.25) is 0 Å². The molecule has 0 radical (unpaired) electrons. The Morgan fingerprint density at radius 2 is 1.84 bits per heavy atom. The SMILES string of the molecule is COc1ccc(-c2cnc3nc(N)nc(N4CCNCC4S(=O)(=O)Cc4ccccc4)c3n2)cc1OC. The third kappa shape index (κ3) is 4.98. The number of nitrogens with two attached hydrogens (primary N) is 1. The first-order valence-electron chi connectivity index (χ1n) is 11.6. The highest BCUT2D eigenvalue weighted by Crippen LogP contribution is 2.33. The van der Waals surface area contributed by atoms with E-state index in [1.807, 2.05) is 24.3 Å². The Labute approximate surface area is 214 Å². The summed E-state index contributed by atoms with van der Waals surface area (Å²) in [6.45, 7) is 1.21. The standard InChI is InChI=1S/C25H27N7O4S/c1-35-19-9-8-17(12-20(19)36-2)18-13-28-23-22(29-18)24(31-25(26)30-23)32-11-10-27-14-21(32)37(33,34)15-16-6-4-3-5-7-16/h3-9,12-13,21,27H,10-11,14-15H2,1-2H3,(H2,26,28,30,31). The first-order chi connectivity index (χ1) is 17.9. The van der Waals surface area contributed by atoms with Gasteiger partial charge in [0.1, 0.15) is 5.37 Å². The van der Waals surface area contributed by atoms with Crippen LogP contribution in [0, 0.1) is 0 Å². The van der Waals surface area contributed by atoms with Crippen LogP contribution in [-0.2, 0) is 15.6 Å². The lowest BCUT2D eigenvalue weighted by Gasteiger charge is -2.36. The summed E-state index contributed by atoms with van der Waals surface area (Å²) >= 11 is 0. The molecule has 37 heavy (non-hydrogen) atoms. The van der Waals surface area contributed by atoms with E-state index < -0.39 is 15.2 Å². The number of benzene rings is 2. The molecule has 2 aromatic carbocycles. The lowest BCUT2D eigenvalue weighted by Crippen LogP contribution is -2.55. The van der Waals surface area contributed by atoms with Crippen molar-refractivity contribution in [2.75, 3.05) is 44.5 Å². The Morgan fingerprint density at radius 3 is 2.59 bits per heavy atom. The molecule has 1 fully saturated rings. The zero-order valence-electron chi connectivity index (χ0n) is 20.5. The maximum atomic E-state index is 13.6. The fourth-order valence-electron chi connectivity index (χ4n) is 4.39. The maximum Gasteiger partial charge on any atom is 0.224 e. The van der Waals surface area contributed by atoms with Gasteiger partial charge in [-0.25, -0.2) is 18.4 Å². The van der Waals surface area contributed by atoms with E-state index in [9.17, 15) is 8.42 Å². The molecule has 192 valence electrons. The fraction of sp³-hybridized carbons (Fsp3) is 0.280. The quantitative estimate of drug-likeness (QED) is 0.368. The van der Waals surface area contributed by atoms with Crippen LogP contribution in [0.4, 0.5) is 11.8 Å². The lowest BCUT2D eigenvalue weighted by atomic mass is 10.1. The van der Waals surface area contributed by atoms with E-state index in [0.717, 1.165) is 11.1 Å². The number of hydrogen-bond acceptors (Lipinski definition) is 11. The molecule has 11 nitrogen and oxygen atoms in total. The zero-order valence-corrected chi connectivity index (χ0v) is 21.3. The van der Waals surface area contributed by atoms with Crippen molar-refractivity contribution in [2.45, 2.75) is 11.1 Å². The summed E-state index contributed by atoms with van der Waals surface area (Å²) in [7, 11) is -0.486. The van der Waals surface area contributed by atoms with E-state index in [1.165, 1.54) is 0 Å². The highest BCUT2D eigenvalue weighted by molar-refractivity contribution is 7.91. The van der Waals surface area contributed by atoms with Crippen molar-refractivity contribution in [3.63, 3.8) is 0 Å². The zero-order chi connectivity index (χ0) is 26.0.